The van der Waals surface area contributed by atoms with E-state index in [2.05, 4.69) is 9.55 Å². The molecule has 0 bridgehead atoms. The maximum atomic E-state index is 12.6. The molecule has 3 aromatic heterocycles. The van der Waals surface area contributed by atoms with Gasteiger partial charge < -0.3 is 9.47 Å². The monoisotopic (exact) mass is 326 g/mol. The Hall–Kier alpha value is -2.21. The first-order valence-electron chi connectivity index (χ1n) is 7.76. The Morgan fingerprint density at radius 2 is 2.22 bits per heavy atom. The average Bonchev–Trinajstić information content (AvgIpc) is 3.26. The summed E-state index contributed by atoms with van der Waals surface area (Å²) < 4.78 is 2.06. The first kappa shape index (κ1) is 14.4. The molecule has 0 aromatic carbocycles. The Morgan fingerprint density at radius 3 is 2.96 bits per heavy atom. The zero-order chi connectivity index (χ0) is 16.0. The fraction of sp³-hybridized carbons (Fsp3) is 0.353. The quantitative estimate of drug-likeness (QED) is 0.727. The summed E-state index contributed by atoms with van der Waals surface area (Å²) in [5.74, 6) is 1.44. The summed E-state index contributed by atoms with van der Waals surface area (Å²) in [6.45, 7) is 3.55. The van der Waals surface area contributed by atoms with Gasteiger partial charge in [0.15, 0.2) is 5.65 Å². The van der Waals surface area contributed by atoms with E-state index < -0.39 is 0 Å². The summed E-state index contributed by atoms with van der Waals surface area (Å²) in [7, 11) is 2.00. The van der Waals surface area contributed by atoms with Crippen LogP contribution in [-0.2, 0) is 7.05 Å². The highest BCUT2D eigenvalue weighted by molar-refractivity contribution is 7.13. The fourth-order valence-electron chi connectivity index (χ4n) is 3.27. The minimum atomic E-state index is 0.141. The maximum Gasteiger partial charge on any atom is 0.263 e. The molecule has 1 atom stereocenters. The van der Waals surface area contributed by atoms with Gasteiger partial charge in [-0.1, -0.05) is 0 Å². The lowest BCUT2D eigenvalue weighted by molar-refractivity contribution is 0.0795. The van der Waals surface area contributed by atoms with E-state index in [0.717, 1.165) is 41.4 Å². The van der Waals surface area contributed by atoms with E-state index in [1.54, 1.807) is 17.5 Å². The molecule has 6 heteroatoms. The number of hydrogen-bond donors (Lipinski definition) is 0. The van der Waals surface area contributed by atoms with E-state index in [4.69, 9.17) is 4.98 Å². The number of aromatic nitrogens is 3. The molecule has 0 saturated carbocycles. The molecule has 1 fully saturated rings. The number of nitrogens with zero attached hydrogens (tertiary/aromatic N) is 4. The van der Waals surface area contributed by atoms with Crippen molar-refractivity contribution in [2.75, 3.05) is 13.1 Å². The van der Waals surface area contributed by atoms with Gasteiger partial charge in [0.25, 0.3) is 5.91 Å². The van der Waals surface area contributed by atoms with Crippen LogP contribution in [-0.4, -0.2) is 38.4 Å². The van der Waals surface area contributed by atoms with E-state index in [1.165, 1.54) is 4.88 Å². The van der Waals surface area contributed by atoms with Crippen LogP contribution >= 0.6 is 11.3 Å². The van der Waals surface area contributed by atoms with Gasteiger partial charge in [0, 0.05) is 37.1 Å². The number of amides is 1. The molecule has 0 unspecified atom stereocenters. The molecule has 3 aromatic rings. The van der Waals surface area contributed by atoms with Gasteiger partial charge in [-0.2, -0.15) is 0 Å². The van der Waals surface area contributed by atoms with Gasteiger partial charge in [-0.05, 0) is 37.6 Å². The molecule has 5 nitrogen and oxygen atoms in total. The topological polar surface area (TPSA) is 51.0 Å². The zero-order valence-corrected chi connectivity index (χ0v) is 14.0. The van der Waals surface area contributed by atoms with E-state index in [1.807, 2.05) is 43.1 Å². The third-order valence-electron chi connectivity index (χ3n) is 4.45. The van der Waals surface area contributed by atoms with Crippen LogP contribution in [0, 0.1) is 6.92 Å². The molecule has 4 rings (SSSR count). The van der Waals surface area contributed by atoms with Gasteiger partial charge in [-0.25, -0.2) is 9.97 Å². The van der Waals surface area contributed by atoms with Gasteiger partial charge in [0.1, 0.15) is 11.3 Å². The normalized spacial score (nSPS) is 18.0. The summed E-state index contributed by atoms with van der Waals surface area (Å²) in [6.07, 6.45) is 2.74. The largest absolute Gasteiger partial charge is 0.337 e. The third-order valence-corrected chi connectivity index (χ3v) is 5.44. The highest BCUT2D eigenvalue weighted by Crippen LogP contribution is 2.30. The van der Waals surface area contributed by atoms with Gasteiger partial charge in [0.05, 0.1) is 4.88 Å². The fourth-order valence-corrected chi connectivity index (χ4v) is 4.10. The highest BCUT2D eigenvalue weighted by atomic mass is 32.1. The lowest BCUT2D eigenvalue weighted by atomic mass is 10.1. The second-order valence-electron chi connectivity index (χ2n) is 6.02. The minimum Gasteiger partial charge on any atom is -0.337 e. The molecule has 0 N–H and O–H groups in total. The molecular weight excluding hydrogens is 308 g/mol. The molecule has 1 amide bonds. The standard InChI is InChI=1S/C17H18N4OS/c1-11-5-6-14(23-11)17(22)21-9-7-12(10-21)15-19-13-4-3-8-18-16(13)20(15)2/h3-6,8,12H,7,9-10H2,1-2H3/t12-/m1/s1. The third kappa shape index (κ3) is 2.43. The van der Waals surface area contributed by atoms with Crippen molar-refractivity contribution in [2.45, 2.75) is 19.3 Å². The lowest BCUT2D eigenvalue weighted by Gasteiger charge is -2.15. The van der Waals surface area contributed by atoms with E-state index in [0.29, 0.717) is 0 Å². The Balaban J connectivity index is 1.58. The number of aryl methyl sites for hydroxylation is 2. The van der Waals surface area contributed by atoms with Crippen molar-refractivity contribution in [3.63, 3.8) is 0 Å². The second kappa shape index (κ2) is 5.45. The first-order valence-corrected chi connectivity index (χ1v) is 8.58. The van der Waals surface area contributed by atoms with E-state index in [-0.39, 0.29) is 11.8 Å². The van der Waals surface area contributed by atoms with Crippen LogP contribution < -0.4 is 0 Å². The predicted octanol–water partition coefficient (Wildman–Crippen LogP) is 2.97. The van der Waals surface area contributed by atoms with Crippen LogP contribution in [0.15, 0.2) is 30.5 Å². The zero-order valence-electron chi connectivity index (χ0n) is 13.2. The number of thiophene rings is 1. The van der Waals surface area contributed by atoms with E-state index in [9.17, 15) is 4.79 Å². The Labute approximate surface area is 138 Å². The van der Waals surface area contributed by atoms with Crippen LogP contribution in [0.1, 0.15) is 32.7 Å². The summed E-state index contributed by atoms with van der Waals surface area (Å²) in [5.41, 5.74) is 1.82. The number of fused-ring (bicyclic) bond motifs is 1. The molecule has 118 valence electrons. The van der Waals surface area contributed by atoms with Gasteiger partial charge >= 0.3 is 0 Å². The van der Waals surface area contributed by atoms with Gasteiger partial charge in [-0.3, -0.25) is 4.79 Å². The van der Waals surface area contributed by atoms with Crippen molar-refractivity contribution in [3.05, 3.63) is 46.0 Å². The minimum absolute atomic E-state index is 0.141. The summed E-state index contributed by atoms with van der Waals surface area (Å²) in [6, 6.07) is 7.82. The van der Waals surface area contributed by atoms with E-state index >= 15 is 0 Å². The number of rotatable bonds is 2. The van der Waals surface area contributed by atoms with Crippen LogP contribution in [0.2, 0.25) is 0 Å². The second-order valence-corrected chi connectivity index (χ2v) is 7.31. The molecule has 0 radical (unpaired) electrons. The maximum absolute atomic E-state index is 12.6. The van der Waals surface area contributed by atoms with Crippen molar-refractivity contribution < 1.29 is 4.79 Å². The molecule has 1 aliphatic rings. The van der Waals surface area contributed by atoms with Crippen LogP contribution in [0.5, 0.6) is 0 Å². The van der Waals surface area contributed by atoms with Crippen molar-refractivity contribution in [1.82, 2.24) is 19.4 Å². The SMILES string of the molecule is Cc1ccc(C(=O)N2CC[C@@H](c3nc4cccnc4n3C)C2)s1. The molecule has 23 heavy (non-hydrogen) atoms. The average molecular weight is 326 g/mol. The summed E-state index contributed by atoms with van der Waals surface area (Å²) in [5, 5.41) is 0. The lowest BCUT2D eigenvalue weighted by Crippen LogP contribution is -2.28. The number of likely N-dealkylation sites (tertiary alicyclic amines) is 1. The Morgan fingerprint density at radius 1 is 1.35 bits per heavy atom. The number of imidazole rings is 1. The molecule has 0 spiro atoms. The van der Waals surface area contributed by atoms with Gasteiger partial charge in [-0.15, -0.1) is 11.3 Å². The highest BCUT2D eigenvalue weighted by Gasteiger charge is 2.31. The summed E-state index contributed by atoms with van der Waals surface area (Å²) >= 11 is 1.56. The molecule has 4 heterocycles. The molecule has 1 aliphatic heterocycles. The number of carbonyl (C=O) groups excluding carboxylic acids is 1. The van der Waals surface area contributed by atoms with Crippen molar-refractivity contribution in [2.24, 2.45) is 7.05 Å². The Bertz CT molecular complexity index is 882. The summed E-state index contributed by atoms with van der Waals surface area (Å²) in [4.78, 5) is 25.7. The predicted molar refractivity (Wildman–Crippen MR) is 90.8 cm³/mol. The first-order chi connectivity index (χ1) is 11.1. The van der Waals surface area contributed by atoms with Crippen molar-refractivity contribution in [3.8, 4) is 0 Å². The molecule has 0 aliphatic carbocycles. The van der Waals surface area contributed by atoms with Crippen LogP contribution in [0.3, 0.4) is 0 Å². The number of pyridine rings is 1. The smallest absolute Gasteiger partial charge is 0.263 e. The van der Waals surface area contributed by atoms with Crippen LogP contribution in [0.25, 0.3) is 11.2 Å². The van der Waals surface area contributed by atoms with Crippen molar-refractivity contribution in [1.29, 1.82) is 0 Å². The van der Waals surface area contributed by atoms with Crippen LogP contribution in [0.4, 0.5) is 0 Å². The number of carbonyl (C=O) groups is 1. The molecule has 1 saturated heterocycles. The van der Waals surface area contributed by atoms with Gasteiger partial charge in [0.2, 0.25) is 0 Å². The Kier molecular flexibility index (Phi) is 3.41. The molecular formula is C17H18N4OS. The van der Waals surface area contributed by atoms with Crippen molar-refractivity contribution >= 4 is 28.4 Å². The number of hydrogen-bond acceptors (Lipinski definition) is 4.